The summed E-state index contributed by atoms with van der Waals surface area (Å²) in [6.07, 6.45) is 2.34. The highest BCUT2D eigenvalue weighted by atomic mass is 16.5. The number of methoxy groups -OCH3 is 1. The van der Waals surface area contributed by atoms with Crippen LogP contribution in [0.2, 0.25) is 0 Å². The van der Waals surface area contributed by atoms with Gasteiger partial charge in [0.1, 0.15) is 11.4 Å². The van der Waals surface area contributed by atoms with Crippen LogP contribution in [-0.2, 0) is 6.54 Å². The molecule has 6 nitrogen and oxygen atoms in total. The van der Waals surface area contributed by atoms with Crippen LogP contribution in [0.3, 0.4) is 0 Å². The van der Waals surface area contributed by atoms with Crippen LogP contribution in [-0.4, -0.2) is 31.0 Å². The maximum atomic E-state index is 12.8. The van der Waals surface area contributed by atoms with Crippen LogP contribution in [0, 0.1) is 0 Å². The van der Waals surface area contributed by atoms with Crippen LogP contribution in [0.25, 0.3) is 22.0 Å². The molecule has 1 aliphatic rings. The average Bonchev–Trinajstić information content (AvgIpc) is 3.64. The van der Waals surface area contributed by atoms with Gasteiger partial charge in [-0.05, 0) is 71.8 Å². The monoisotopic (exact) mass is 453 g/mol. The van der Waals surface area contributed by atoms with Crippen molar-refractivity contribution >= 4 is 22.7 Å². The third kappa shape index (κ3) is 4.27. The SMILES string of the molecule is CNC(=O)c1cc2c(-c3ccc(C(=O)NCc4ccccc4)cc3OC)cc(C3CC3)cc2[nH]1. The molecule has 1 aromatic heterocycles. The number of fused-ring (bicyclic) bond motifs is 1. The molecule has 2 amide bonds. The summed E-state index contributed by atoms with van der Waals surface area (Å²) in [6, 6.07) is 21.5. The second kappa shape index (κ2) is 9.06. The lowest BCUT2D eigenvalue weighted by atomic mass is 9.95. The van der Waals surface area contributed by atoms with Gasteiger partial charge >= 0.3 is 0 Å². The van der Waals surface area contributed by atoms with E-state index in [-0.39, 0.29) is 11.8 Å². The molecule has 0 aliphatic heterocycles. The number of benzene rings is 3. The molecule has 3 aromatic carbocycles. The van der Waals surface area contributed by atoms with Gasteiger partial charge in [-0.25, -0.2) is 0 Å². The fourth-order valence-corrected chi connectivity index (χ4v) is 4.33. The molecule has 172 valence electrons. The minimum Gasteiger partial charge on any atom is -0.496 e. The van der Waals surface area contributed by atoms with Crippen LogP contribution in [0.5, 0.6) is 5.75 Å². The van der Waals surface area contributed by atoms with E-state index in [0.29, 0.717) is 29.5 Å². The van der Waals surface area contributed by atoms with Crippen LogP contribution in [0.15, 0.2) is 66.7 Å². The average molecular weight is 454 g/mol. The van der Waals surface area contributed by atoms with Crippen LogP contribution < -0.4 is 15.4 Å². The normalized spacial score (nSPS) is 13.0. The summed E-state index contributed by atoms with van der Waals surface area (Å²) in [7, 11) is 3.23. The van der Waals surface area contributed by atoms with E-state index >= 15 is 0 Å². The first-order valence-corrected chi connectivity index (χ1v) is 11.5. The molecule has 1 heterocycles. The molecule has 5 rings (SSSR count). The largest absolute Gasteiger partial charge is 0.496 e. The number of rotatable bonds is 7. The van der Waals surface area contributed by atoms with E-state index in [2.05, 4.69) is 27.8 Å². The van der Waals surface area contributed by atoms with Crippen LogP contribution >= 0.6 is 0 Å². The minimum absolute atomic E-state index is 0.158. The Bertz CT molecular complexity index is 1370. The van der Waals surface area contributed by atoms with Gasteiger partial charge < -0.3 is 20.4 Å². The first kappa shape index (κ1) is 21.8. The lowest BCUT2D eigenvalue weighted by Crippen LogP contribution is -2.22. The molecular weight excluding hydrogens is 426 g/mol. The molecule has 1 saturated carbocycles. The van der Waals surface area contributed by atoms with Gasteiger partial charge in [0, 0.05) is 35.6 Å². The van der Waals surface area contributed by atoms with E-state index in [1.54, 1.807) is 20.2 Å². The number of aromatic amines is 1. The van der Waals surface area contributed by atoms with E-state index in [9.17, 15) is 9.59 Å². The summed E-state index contributed by atoms with van der Waals surface area (Å²) in [6.45, 7) is 0.458. The van der Waals surface area contributed by atoms with Crippen molar-refractivity contribution in [3.05, 3.63) is 89.1 Å². The fraction of sp³-hybridized carbons (Fsp3) is 0.214. The summed E-state index contributed by atoms with van der Waals surface area (Å²) in [4.78, 5) is 28.3. The van der Waals surface area contributed by atoms with E-state index < -0.39 is 0 Å². The van der Waals surface area contributed by atoms with Crippen molar-refractivity contribution in [2.45, 2.75) is 25.3 Å². The Kier molecular flexibility index (Phi) is 5.80. The van der Waals surface area contributed by atoms with Crippen molar-refractivity contribution in [2.75, 3.05) is 14.2 Å². The van der Waals surface area contributed by atoms with Crippen molar-refractivity contribution in [1.29, 1.82) is 0 Å². The number of hydrogen-bond acceptors (Lipinski definition) is 3. The number of hydrogen-bond donors (Lipinski definition) is 3. The quantitative estimate of drug-likeness (QED) is 0.368. The number of ether oxygens (including phenoxy) is 1. The Hall–Kier alpha value is -4.06. The highest BCUT2D eigenvalue weighted by Gasteiger charge is 2.26. The Morgan fingerprint density at radius 3 is 2.47 bits per heavy atom. The minimum atomic E-state index is -0.160. The standard InChI is InChI=1S/C28H27N3O3/c1-29-28(33)25-15-23-22(12-20(18-8-9-18)13-24(23)31-25)21-11-10-19(14-26(21)34-2)27(32)30-16-17-6-4-3-5-7-17/h3-7,10-15,18,31H,8-9,16H2,1-2H3,(H,29,33)(H,30,32). The zero-order valence-corrected chi connectivity index (χ0v) is 19.3. The molecule has 0 bridgehead atoms. The molecule has 0 atom stereocenters. The molecule has 6 heteroatoms. The van der Waals surface area contributed by atoms with Gasteiger partial charge in [-0.2, -0.15) is 0 Å². The zero-order valence-electron chi connectivity index (χ0n) is 19.3. The van der Waals surface area contributed by atoms with E-state index in [0.717, 1.165) is 27.6 Å². The third-order valence-electron chi connectivity index (χ3n) is 6.33. The Morgan fingerprint density at radius 2 is 1.76 bits per heavy atom. The summed E-state index contributed by atoms with van der Waals surface area (Å²) in [5, 5.41) is 6.59. The predicted octanol–water partition coefficient (Wildman–Crippen LogP) is 5.01. The number of carbonyl (C=O) groups excluding carboxylic acids is 2. The smallest absolute Gasteiger partial charge is 0.267 e. The molecule has 1 aliphatic carbocycles. The van der Waals surface area contributed by atoms with E-state index in [1.807, 2.05) is 48.5 Å². The van der Waals surface area contributed by atoms with Crippen molar-refractivity contribution in [1.82, 2.24) is 15.6 Å². The lowest BCUT2D eigenvalue weighted by Gasteiger charge is -2.14. The highest BCUT2D eigenvalue weighted by molar-refractivity contribution is 6.04. The summed E-state index contributed by atoms with van der Waals surface area (Å²) in [5.41, 5.74) is 6.13. The van der Waals surface area contributed by atoms with Gasteiger partial charge in [-0.1, -0.05) is 30.3 Å². The summed E-state index contributed by atoms with van der Waals surface area (Å²) >= 11 is 0. The van der Waals surface area contributed by atoms with Gasteiger partial charge in [-0.3, -0.25) is 9.59 Å². The van der Waals surface area contributed by atoms with Crippen LogP contribution in [0.4, 0.5) is 0 Å². The van der Waals surface area contributed by atoms with E-state index in [1.165, 1.54) is 18.4 Å². The van der Waals surface area contributed by atoms with Crippen molar-refractivity contribution in [3.63, 3.8) is 0 Å². The predicted molar refractivity (Wildman–Crippen MR) is 133 cm³/mol. The van der Waals surface area contributed by atoms with Gasteiger partial charge in [0.2, 0.25) is 0 Å². The molecule has 0 radical (unpaired) electrons. The number of nitrogens with one attached hydrogen (secondary N) is 3. The highest BCUT2D eigenvalue weighted by Crippen LogP contribution is 2.44. The van der Waals surface area contributed by atoms with Gasteiger partial charge in [0.15, 0.2) is 0 Å². The maximum absolute atomic E-state index is 12.8. The Labute approximate surface area is 198 Å². The second-order valence-corrected chi connectivity index (χ2v) is 8.65. The number of aromatic nitrogens is 1. The number of carbonyl (C=O) groups is 2. The molecule has 4 aromatic rings. The zero-order chi connectivity index (χ0) is 23.7. The first-order valence-electron chi connectivity index (χ1n) is 11.5. The molecule has 0 spiro atoms. The van der Waals surface area contributed by atoms with Gasteiger partial charge in [0.25, 0.3) is 11.8 Å². The number of amides is 2. The molecule has 0 saturated heterocycles. The first-order chi connectivity index (χ1) is 16.6. The van der Waals surface area contributed by atoms with Gasteiger partial charge in [0.05, 0.1) is 7.11 Å². The fourth-order valence-electron chi connectivity index (χ4n) is 4.33. The van der Waals surface area contributed by atoms with Crippen LogP contribution in [0.1, 0.15) is 50.7 Å². The Morgan fingerprint density at radius 1 is 0.971 bits per heavy atom. The molecule has 1 fully saturated rings. The van der Waals surface area contributed by atoms with E-state index in [4.69, 9.17) is 4.74 Å². The maximum Gasteiger partial charge on any atom is 0.267 e. The van der Waals surface area contributed by atoms with Gasteiger partial charge in [-0.15, -0.1) is 0 Å². The topological polar surface area (TPSA) is 83.2 Å². The molecule has 0 unspecified atom stereocenters. The van der Waals surface area contributed by atoms with Crippen molar-refractivity contribution < 1.29 is 14.3 Å². The van der Waals surface area contributed by atoms with Crippen molar-refractivity contribution in [2.24, 2.45) is 0 Å². The molecular formula is C28H27N3O3. The second-order valence-electron chi connectivity index (χ2n) is 8.65. The molecule has 34 heavy (non-hydrogen) atoms. The lowest BCUT2D eigenvalue weighted by molar-refractivity contribution is 0.0946. The third-order valence-corrected chi connectivity index (χ3v) is 6.33. The Balaban J connectivity index is 1.51. The van der Waals surface area contributed by atoms with Crippen molar-refractivity contribution in [3.8, 4) is 16.9 Å². The molecule has 3 N–H and O–H groups in total. The summed E-state index contributed by atoms with van der Waals surface area (Å²) in [5.74, 6) is 0.842. The number of H-pyrrole nitrogens is 1. The summed E-state index contributed by atoms with van der Waals surface area (Å²) < 4.78 is 5.72.